The molecule has 0 radical (unpaired) electrons. The van der Waals surface area contributed by atoms with E-state index in [4.69, 9.17) is 10.8 Å². The van der Waals surface area contributed by atoms with Crippen molar-refractivity contribution < 1.29 is 5.11 Å². The van der Waals surface area contributed by atoms with Crippen LogP contribution in [0.5, 0.6) is 0 Å². The zero-order chi connectivity index (χ0) is 10.6. The number of imidazole rings is 1. The van der Waals surface area contributed by atoms with E-state index in [1.165, 1.54) is 0 Å². The van der Waals surface area contributed by atoms with Gasteiger partial charge in [0.1, 0.15) is 12.4 Å². The third-order valence-corrected chi connectivity index (χ3v) is 1.64. The second kappa shape index (κ2) is 4.52. The molecule has 3 N–H and O–H groups in total. The molecule has 0 saturated heterocycles. The van der Waals surface area contributed by atoms with Crippen LogP contribution in [0.25, 0.3) is 0 Å². The van der Waals surface area contributed by atoms with Gasteiger partial charge in [-0.15, -0.1) is 0 Å². The van der Waals surface area contributed by atoms with Gasteiger partial charge in [0.15, 0.2) is 11.7 Å². The number of aliphatic hydroxyl groups is 1. The number of aryl methyl sites for hydroxylation is 1. The van der Waals surface area contributed by atoms with Crippen molar-refractivity contribution in [2.45, 2.75) is 6.92 Å². The third-order valence-electron chi connectivity index (χ3n) is 1.64. The van der Waals surface area contributed by atoms with Crippen LogP contribution < -0.4 is 5.73 Å². The first-order chi connectivity index (χ1) is 6.70. The number of hydrogen-bond donors (Lipinski definition) is 2. The molecule has 0 aliphatic carbocycles. The molecule has 1 aromatic rings. The zero-order valence-electron chi connectivity index (χ0n) is 8.18. The average molecular weight is 195 g/mol. The quantitative estimate of drug-likeness (QED) is 0.517. The number of aliphatic imine (C=N–C) groups is 2. The van der Waals surface area contributed by atoms with Gasteiger partial charge in [-0.25, -0.2) is 15.0 Å². The zero-order valence-corrected chi connectivity index (χ0v) is 8.18. The number of nitrogens with zero attached hydrogens (tertiary/aromatic N) is 4. The molecule has 6 heteroatoms. The summed E-state index contributed by atoms with van der Waals surface area (Å²) in [6.07, 6.45) is 3.24. The summed E-state index contributed by atoms with van der Waals surface area (Å²) >= 11 is 0. The molecular weight excluding hydrogens is 182 g/mol. The Labute approximate surface area is 81.8 Å². The Hall–Kier alpha value is -1.69. The van der Waals surface area contributed by atoms with Crippen LogP contribution in [0.15, 0.2) is 16.3 Å². The lowest BCUT2D eigenvalue weighted by atomic mass is 10.4. The van der Waals surface area contributed by atoms with Crippen molar-refractivity contribution >= 4 is 17.9 Å². The maximum atomic E-state index is 8.59. The second-order valence-electron chi connectivity index (χ2n) is 2.60. The molecule has 0 amide bonds. The van der Waals surface area contributed by atoms with Crippen LogP contribution in [-0.4, -0.2) is 33.4 Å². The van der Waals surface area contributed by atoms with E-state index in [0.717, 1.165) is 0 Å². The first-order valence-corrected chi connectivity index (χ1v) is 4.11. The summed E-state index contributed by atoms with van der Waals surface area (Å²) < 4.78 is 1.73. The van der Waals surface area contributed by atoms with Gasteiger partial charge in [-0.2, -0.15) is 0 Å². The van der Waals surface area contributed by atoms with Gasteiger partial charge < -0.3 is 15.4 Å². The molecule has 0 spiro atoms. The number of aliphatic hydroxyl groups excluding tert-OH is 1. The van der Waals surface area contributed by atoms with E-state index in [0.29, 0.717) is 11.5 Å². The molecule has 0 saturated carbocycles. The summed E-state index contributed by atoms with van der Waals surface area (Å²) in [6, 6.07) is 0. The lowest BCUT2D eigenvalue weighted by molar-refractivity contribution is 0.309. The lowest BCUT2D eigenvalue weighted by Gasteiger charge is -1.98. The highest BCUT2D eigenvalue weighted by atomic mass is 16.3. The van der Waals surface area contributed by atoms with E-state index in [9.17, 15) is 0 Å². The normalized spacial score (nSPS) is 12.6. The van der Waals surface area contributed by atoms with Crippen molar-refractivity contribution in [3.63, 3.8) is 0 Å². The van der Waals surface area contributed by atoms with Crippen LogP contribution in [0.3, 0.4) is 0 Å². The summed E-state index contributed by atoms with van der Waals surface area (Å²) in [5.41, 5.74) is 6.08. The fourth-order valence-corrected chi connectivity index (χ4v) is 1.03. The molecule has 1 aromatic heterocycles. The molecule has 0 fully saturated rings. The third kappa shape index (κ3) is 1.97. The van der Waals surface area contributed by atoms with Crippen LogP contribution >= 0.6 is 0 Å². The summed E-state index contributed by atoms with van der Waals surface area (Å²) in [5.74, 6) is 0.816. The Morgan fingerprint density at radius 2 is 2.50 bits per heavy atom. The number of hydrogen-bond acceptors (Lipinski definition) is 4. The molecule has 0 atom stereocenters. The van der Waals surface area contributed by atoms with Crippen LogP contribution in [-0.2, 0) is 7.05 Å². The Morgan fingerprint density at radius 3 is 3.07 bits per heavy atom. The molecule has 0 aromatic carbocycles. The topological polar surface area (TPSA) is 88.8 Å². The highest BCUT2D eigenvalue weighted by Crippen LogP contribution is 2.15. The number of rotatable bonds is 3. The van der Waals surface area contributed by atoms with Crippen molar-refractivity contribution in [3.05, 3.63) is 12.0 Å². The number of nitrogens with two attached hydrogens (primary N) is 1. The first-order valence-electron chi connectivity index (χ1n) is 4.11. The van der Waals surface area contributed by atoms with Crippen molar-refractivity contribution in [1.29, 1.82) is 0 Å². The van der Waals surface area contributed by atoms with Gasteiger partial charge in [-0.3, -0.25) is 0 Å². The van der Waals surface area contributed by atoms with Gasteiger partial charge in [-0.1, -0.05) is 0 Å². The summed E-state index contributed by atoms with van der Waals surface area (Å²) in [5, 5.41) is 8.59. The molecule has 0 aliphatic heterocycles. The predicted molar refractivity (Wildman–Crippen MR) is 54.8 cm³/mol. The van der Waals surface area contributed by atoms with E-state index < -0.39 is 0 Å². The molecule has 0 unspecified atom stereocenters. The minimum Gasteiger partial charge on any atom is -0.382 e. The van der Waals surface area contributed by atoms with E-state index in [2.05, 4.69) is 15.0 Å². The van der Waals surface area contributed by atoms with Gasteiger partial charge in [0.2, 0.25) is 0 Å². The summed E-state index contributed by atoms with van der Waals surface area (Å²) in [4.78, 5) is 11.8. The fraction of sp³-hybridized carbons (Fsp3) is 0.375. The van der Waals surface area contributed by atoms with E-state index >= 15 is 0 Å². The monoisotopic (exact) mass is 195 g/mol. The smallest absolute Gasteiger partial charge is 0.163 e. The molecule has 6 nitrogen and oxygen atoms in total. The lowest BCUT2D eigenvalue weighted by Crippen LogP contribution is -2.14. The molecule has 0 bridgehead atoms. The SMILES string of the molecule is CC=Nc1c(C(N)=NCO)ncn1C. The number of aromatic nitrogens is 2. The molecule has 14 heavy (non-hydrogen) atoms. The Morgan fingerprint density at radius 1 is 1.79 bits per heavy atom. The Balaban J connectivity index is 3.15. The molecule has 1 rings (SSSR count). The number of amidine groups is 1. The maximum Gasteiger partial charge on any atom is 0.163 e. The first kappa shape index (κ1) is 10.4. The summed E-state index contributed by atoms with van der Waals surface area (Å²) in [7, 11) is 1.81. The maximum absolute atomic E-state index is 8.59. The van der Waals surface area contributed by atoms with Crippen molar-refractivity contribution in [2.24, 2.45) is 22.8 Å². The fourth-order valence-electron chi connectivity index (χ4n) is 1.03. The van der Waals surface area contributed by atoms with Gasteiger partial charge in [0, 0.05) is 13.3 Å². The highest BCUT2D eigenvalue weighted by molar-refractivity contribution is 5.99. The van der Waals surface area contributed by atoms with Crippen LogP contribution in [0.4, 0.5) is 5.82 Å². The minimum absolute atomic E-state index is 0.189. The largest absolute Gasteiger partial charge is 0.382 e. The van der Waals surface area contributed by atoms with Crippen molar-refractivity contribution in [3.8, 4) is 0 Å². The van der Waals surface area contributed by atoms with Gasteiger partial charge in [0.05, 0.1) is 6.33 Å². The van der Waals surface area contributed by atoms with E-state index in [-0.39, 0.29) is 12.6 Å². The summed E-state index contributed by atoms with van der Waals surface area (Å²) in [6.45, 7) is 1.45. The minimum atomic E-state index is -0.350. The molecule has 76 valence electrons. The van der Waals surface area contributed by atoms with Crippen molar-refractivity contribution in [2.75, 3.05) is 6.73 Å². The van der Waals surface area contributed by atoms with E-state index in [1.807, 2.05) is 7.05 Å². The predicted octanol–water partition coefficient (Wildman–Crippen LogP) is -0.203. The standard InChI is InChI=1S/C8H13N5O/c1-3-10-8-6(7(9)12-5-14)11-4-13(8)2/h3-4,14H,5H2,1-2H3,(H2,9,12). The molecule has 1 heterocycles. The Bertz CT molecular complexity index is 366. The average Bonchev–Trinajstić information content (AvgIpc) is 2.50. The molecular formula is C8H13N5O. The van der Waals surface area contributed by atoms with Gasteiger partial charge in [0.25, 0.3) is 0 Å². The van der Waals surface area contributed by atoms with Crippen LogP contribution in [0.1, 0.15) is 12.6 Å². The van der Waals surface area contributed by atoms with Gasteiger partial charge >= 0.3 is 0 Å². The highest BCUT2D eigenvalue weighted by Gasteiger charge is 2.10. The van der Waals surface area contributed by atoms with Crippen LogP contribution in [0.2, 0.25) is 0 Å². The van der Waals surface area contributed by atoms with Gasteiger partial charge in [-0.05, 0) is 6.92 Å². The van der Waals surface area contributed by atoms with Crippen molar-refractivity contribution in [1.82, 2.24) is 9.55 Å². The molecule has 0 aliphatic rings. The second-order valence-corrected chi connectivity index (χ2v) is 2.60. The van der Waals surface area contributed by atoms with Crippen LogP contribution in [0, 0.1) is 0 Å². The Kier molecular flexibility index (Phi) is 3.35. The van der Waals surface area contributed by atoms with E-state index in [1.54, 1.807) is 24.0 Å².